The summed E-state index contributed by atoms with van der Waals surface area (Å²) in [7, 11) is 0. The van der Waals surface area contributed by atoms with Crippen LogP contribution in [0.4, 0.5) is 0 Å². The molecular formula is C22H27ClO5. The Bertz CT molecular complexity index is 777. The summed E-state index contributed by atoms with van der Waals surface area (Å²) >= 11 is 6.39. The second-order valence-electron chi connectivity index (χ2n) is 7.08. The molecular weight excluding hydrogens is 380 g/mol. The molecule has 1 heterocycles. The molecule has 6 heteroatoms. The average molecular weight is 407 g/mol. The predicted octanol–water partition coefficient (Wildman–Crippen LogP) is 3.26. The highest BCUT2D eigenvalue weighted by Crippen LogP contribution is 2.35. The number of hydrogen-bond donors (Lipinski definition) is 3. The fourth-order valence-corrected chi connectivity index (χ4v) is 3.75. The summed E-state index contributed by atoms with van der Waals surface area (Å²) in [6, 6.07) is 13.3. The van der Waals surface area contributed by atoms with E-state index < -0.39 is 30.5 Å². The molecule has 0 aromatic heterocycles. The Hall–Kier alpha value is -1.63. The van der Waals surface area contributed by atoms with Crippen molar-refractivity contribution < 1.29 is 24.8 Å². The maximum Gasteiger partial charge on any atom is 0.119 e. The highest BCUT2D eigenvalue weighted by molar-refractivity contribution is 6.31. The molecule has 0 amide bonds. The van der Waals surface area contributed by atoms with Crippen LogP contribution in [0.5, 0.6) is 5.75 Å². The smallest absolute Gasteiger partial charge is 0.119 e. The summed E-state index contributed by atoms with van der Waals surface area (Å²) in [5.74, 6) is 0.822. The molecule has 152 valence electrons. The van der Waals surface area contributed by atoms with E-state index in [2.05, 4.69) is 0 Å². The van der Waals surface area contributed by atoms with Crippen LogP contribution in [0, 0.1) is 0 Å². The van der Waals surface area contributed by atoms with Crippen molar-refractivity contribution in [3.05, 3.63) is 64.2 Å². The first kappa shape index (κ1) is 21.1. The van der Waals surface area contributed by atoms with Crippen LogP contribution in [-0.4, -0.2) is 46.3 Å². The quantitative estimate of drug-likeness (QED) is 0.686. The van der Waals surface area contributed by atoms with Gasteiger partial charge in [-0.3, -0.25) is 0 Å². The van der Waals surface area contributed by atoms with Crippen molar-refractivity contribution in [3.63, 3.8) is 0 Å². The Kier molecular flexibility index (Phi) is 6.96. The van der Waals surface area contributed by atoms with E-state index in [0.717, 1.165) is 22.4 Å². The number of hydrogen-bond acceptors (Lipinski definition) is 5. The number of ether oxygens (including phenoxy) is 2. The van der Waals surface area contributed by atoms with Crippen LogP contribution in [0.1, 0.15) is 43.1 Å². The van der Waals surface area contributed by atoms with Gasteiger partial charge in [0, 0.05) is 5.02 Å². The van der Waals surface area contributed by atoms with Crippen molar-refractivity contribution in [2.75, 3.05) is 6.61 Å². The third-order valence-electron chi connectivity index (χ3n) is 5.14. The maximum absolute atomic E-state index is 10.4. The van der Waals surface area contributed by atoms with Crippen LogP contribution in [0.25, 0.3) is 0 Å². The Morgan fingerprint density at radius 3 is 2.32 bits per heavy atom. The van der Waals surface area contributed by atoms with E-state index in [4.69, 9.17) is 21.1 Å². The topological polar surface area (TPSA) is 79.2 Å². The van der Waals surface area contributed by atoms with Gasteiger partial charge in [-0.2, -0.15) is 0 Å². The van der Waals surface area contributed by atoms with Gasteiger partial charge in [-0.15, -0.1) is 0 Å². The third kappa shape index (κ3) is 4.50. The maximum atomic E-state index is 10.4. The van der Waals surface area contributed by atoms with Gasteiger partial charge in [0.15, 0.2) is 0 Å². The monoisotopic (exact) mass is 406 g/mol. The molecule has 0 saturated carbocycles. The second kappa shape index (κ2) is 9.25. The number of benzene rings is 2. The summed E-state index contributed by atoms with van der Waals surface area (Å²) in [6.45, 7) is 4.44. The van der Waals surface area contributed by atoms with Gasteiger partial charge in [0.1, 0.15) is 30.2 Å². The number of aliphatic hydroxyl groups excluding tert-OH is 3. The van der Waals surface area contributed by atoms with Crippen molar-refractivity contribution >= 4 is 11.6 Å². The van der Waals surface area contributed by atoms with Crippen LogP contribution in [0.15, 0.2) is 42.5 Å². The molecule has 0 bridgehead atoms. The standard InChI is InChI=1S/C22H27ClO5/c1-3-18-19(24)20(25)21(26)22(28-18)14-7-10-17(23)15(12-14)11-13-5-8-16(9-6-13)27-4-2/h5-10,12,18-22,24-26H,3-4,11H2,1-2H3/t18-,19-,20+,21-,22+/m1/s1. The van der Waals surface area contributed by atoms with E-state index in [1.54, 1.807) is 12.1 Å². The lowest BCUT2D eigenvalue weighted by molar-refractivity contribution is -0.225. The molecule has 3 N–H and O–H groups in total. The van der Waals surface area contributed by atoms with E-state index >= 15 is 0 Å². The van der Waals surface area contributed by atoms with Gasteiger partial charge < -0.3 is 24.8 Å². The Balaban J connectivity index is 1.82. The molecule has 1 saturated heterocycles. The largest absolute Gasteiger partial charge is 0.494 e. The second-order valence-corrected chi connectivity index (χ2v) is 7.49. The van der Waals surface area contributed by atoms with Crippen LogP contribution in [0.2, 0.25) is 5.02 Å². The lowest BCUT2D eigenvalue weighted by Crippen LogP contribution is -2.53. The summed E-state index contributed by atoms with van der Waals surface area (Å²) in [6.07, 6.45) is -3.68. The molecule has 3 rings (SSSR count). The molecule has 0 spiro atoms. The predicted molar refractivity (Wildman–Crippen MR) is 108 cm³/mol. The molecule has 0 aliphatic carbocycles. The molecule has 5 atom stereocenters. The van der Waals surface area contributed by atoms with Crippen LogP contribution in [-0.2, 0) is 11.2 Å². The summed E-state index contributed by atoms with van der Waals surface area (Å²) < 4.78 is 11.4. The SMILES string of the molecule is CCOc1ccc(Cc2cc([C@@H]3O[C@H](CC)[C@@H](O)[C@H](O)[C@H]3O)ccc2Cl)cc1. The lowest BCUT2D eigenvalue weighted by Gasteiger charge is -2.40. The number of halogens is 1. The Morgan fingerprint density at radius 2 is 1.68 bits per heavy atom. The lowest BCUT2D eigenvalue weighted by atomic mass is 9.89. The van der Waals surface area contributed by atoms with Crippen LogP contribution >= 0.6 is 11.6 Å². The Labute approximate surface area is 170 Å². The first-order valence-electron chi connectivity index (χ1n) is 9.64. The van der Waals surface area contributed by atoms with E-state index in [0.29, 0.717) is 24.5 Å². The molecule has 1 aliphatic heterocycles. The minimum Gasteiger partial charge on any atom is -0.494 e. The molecule has 1 aliphatic rings. The highest BCUT2D eigenvalue weighted by atomic mass is 35.5. The fourth-order valence-electron chi connectivity index (χ4n) is 3.56. The van der Waals surface area contributed by atoms with Crippen LogP contribution < -0.4 is 4.74 Å². The van der Waals surface area contributed by atoms with Crippen molar-refractivity contribution in [1.82, 2.24) is 0 Å². The van der Waals surface area contributed by atoms with E-state index in [-0.39, 0.29) is 0 Å². The molecule has 2 aromatic rings. The van der Waals surface area contributed by atoms with E-state index in [1.807, 2.05) is 44.2 Å². The average Bonchev–Trinajstić information content (AvgIpc) is 2.70. The zero-order valence-corrected chi connectivity index (χ0v) is 16.8. The minimum atomic E-state index is -1.26. The molecule has 2 aromatic carbocycles. The zero-order valence-electron chi connectivity index (χ0n) is 16.1. The molecule has 0 radical (unpaired) electrons. The first-order valence-corrected chi connectivity index (χ1v) is 10.0. The number of aliphatic hydroxyl groups is 3. The highest BCUT2D eigenvalue weighted by Gasteiger charge is 2.43. The summed E-state index contributed by atoms with van der Waals surface area (Å²) in [5.41, 5.74) is 2.70. The van der Waals surface area contributed by atoms with Gasteiger partial charge in [-0.05, 0) is 54.7 Å². The van der Waals surface area contributed by atoms with Crippen molar-refractivity contribution in [3.8, 4) is 5.75 Å². The van der Waals surface area contributed by atoms with Gasteiger partial charge in [0.05, 0.1) is 12.7 Å². The molecule has 1 fully saturated rings. The normalized spacial score (nSPS) is 27.6. The minimum absolute atomic E-state index is 0.534. The van der Waals surface area contributed by atoms with Crippen molar-refractivity contribution in [1.29, 1.82) is 0 Å². The van der Waals surface area contributed by atoms with Gasteiger partial charge in [0.2, 0.25) is 0 Å². The van der Waals surface area contributed by atoms with Crippen molar-refractivity contribution in [2.24, 2.45) is 0 Å². The molecule has 28 heavy (non-hydrogen) atoms. The van der Waals surface area contributed by atoms with Gasteiger partial charge >= 0.3 is 0 Å². The fraction of sp³-hybridized carbons (Fsp3) is 0.455. The van der Waals surface area contributed by atoms with E-state index in [9.17, 15) is 15.3 Å². The summed E-state index contributed by atoms with van der Waals surface area (Å²) in [5, 5.41) is 31.3. The zero-order chi connectivity index (χ0) is 20.3. The van der Waals surface area contributed by atoms with Crippen molar-refractivity contribution in [2.45, 2.75) is 57.2 Å². The number of rotatable bonds is 6. The van der Waals surface area contributed by atoms with Crippen LogP contribution in [0.3, 0.4) is 0 Å². The third-order valence-corrected chi connectivity index (χ3v) is 5.51. The summed E-state index contributed by atoms with van der Waals surface area (Å²) in [4.78, 5) is 0. The molecule has 5 nitrogen and oxygen atoms in total. The molecule has 0 unspecified atom stereocenters. The first-order chi connectivity index (χ1) is 13.4. The van der Waals surface area contributed by atoms with Gasteiger partial charge in [-0.1, -0.05) is 42.8 Å². The Morgan fingerprint density at radius 1 is 0.964 bits per heavy atom. The van der Waals surface area contributed by atoms with Gasteiger partial charge in [0.25, 0.3) is 0 Å². The van der Waals surface area contributed by atoms with E-state index in [1.165, 1.54) is 0 Å². The van der Waals surface area contributed by atoms with Gasteiger partial charge in [-0.25, -0.2) is 0 Å².